The molecule has 1 aliphatic carbocycles. The van der Waals surface area contributed by atoms with Gasteiger partial charge in [0.2, 0.25) is 5.91 Å². The fourth-order valence-corrected chi connectivity index (χ4v) is 4.96. The molecular weight excluding hydrogens is 356 g/mol. The maximum Gasteiger partial charge on any atom is 0.274 e. The molecule has 154 valence electrons. The van der Waals surface area contributed by atoms with Crippen LogP contribution in [0, 0.1) is 5.92 Å². The van der Waals surface area contributed by atoms with E-state index in [1.807, 2.05) is 23.6 Å². The molecule has 28 heavy (non-hydrogen) atoms. The van der Waals surface area contributed by atoms with E-state index in [9.17, 15) is 9.59 Å². The molecule has 1 aromatic rings. The molecule has 3 heterocycles. The number of nitrogens with zero attached hydrogens (tertiary/aromatic N) is 3. The molecule has 7 heteroatoms. The van der Waals surface area contributed by atoms with Crippen LogP contribution in [0.5, 0.6) is 0 Å². The van der Waals surface area contributed by atoms with Crippen molar-refractivity contribution in [2.75, 3.05) is 19.6 Å². The van der Waals surface area contributed by atoms with E-state index < -0.39 is 0 Å². The Morgan fingerprint density at radius 2 is 1.86 bits per heavy atom. The van der Waals surface area contributed by atoms with E-state index in [0.717, 1.165) is 30.0 Å². The van der Waals surface area contributed by atoms with Crippen molar-refractivity contribution in [3.8, 4) is 0 Å². The van der Waals surface area contributed by atoms with Crippen molar-refractivity contribution in [2.24, 2.45) is 5.92 Å². The second-order valence-electron chi connectivity index (χ2n) is 8.75. The minimum Gasteiger partial charge on any atom is -0.372 e. The number of hydrogen-bond donors (Lipinski definition) is 1. The Labute approximate surface area is 166 Å². The van der Waals surface area contributed by atoms with Crippen LogP contribution in [0.2, 0.25) is 0 Å². The lowest BCUT2D eigenvalue weighted by Crippen LogP contribution is -2.48. The fourth-order valence-electron chi connectivity index (χ4n) is 4.96. The molecule has 0 radical (unpaired) electrons. The van der Waals surface area contributed by atoms with E-state index in [1.54, 1.807) is 0 Å². The Morgan fingerprint density at radius 3 is 2.57 bits per heavy atom. The molecule has 2 unspecified atom stereocenters. The van der Waals surface area contributed by atoms with Gasteiger partial charge in [0.25, 0.3) is 5.91 Å². The van der Waals surface area contributed by atoms with Crippen LogP contribution in [-0.2, 0) is 22.5 Å². The summed E-state index contributed by atoms with van der Waals surface area (Å²) in [5.41, 5.74) is 2.37. The number of morpholine rings is 1. The molecule has 2 amide bonds. The normalized spacial score (nSPS) is 25.8. The summed E-state index contributed by atoms with van der Waals surface area (Å²) in [7, 11) is 0. The van der Waals surface area contributed by atoms with Crippen LogP contribution in [0.1, 0.15) is 74.1 Å². The Hall–Kier alpha value is -1.89. The smallest absolute Gasteiger partial charge is 0.274 e. The Balaban J connectivity index is 1.41. The molecule has 2 fully saturated rings. The van der Waals surface area contributed by atoms with Crippen LogP contribution in [0.3, 0.4) is 0 Å². The maximum atomic E-state index is 13.1. The van der Waals surface area contributed by atoms with Gasteiger partial charge in [-0.05, 0) is 26.2 Å². The quantitative estimate of drug-likeness (QED) is 0.860. The highest BCUT2D eigenvalue weighted by molar-refractivity contribution is 5.94. The molecule has 2 aliphatic heterocycles. The van der Waals surface area contributed by atoms with Crippen LogP contribution in [-0.4, -0.2) is 63.7 Å². The Morgan fingerprint density at radius 1 is 1.14 bits per heavy atom. The van der Waals surface area contributed by atoms with Crippen LogP contribution in [0.15, 0.2) is 0 Å². The molecule has 0 aromatic carbocycles. The molecule has 7 nitrogen and oxygen atoms in total. The molecule has 1 saturated heterocycles. The van der Waals surface area contributed by atoms with Gasteiger partial charge in [-0.1, -0.05) is 25.7 Å². The van der Waals surface area contributed by atoms with Gasteiger partial charge in [-0.25, -0.2) is 0 Å². The van der Waals surface area contributed by atoms with Gasteiger partial charge < -0.3 is 14.5 Å². The van der Waals surface area contributed by atoms with E-state index in [2.05, 4.69) is 10.2 Å². The largest absolute Gasteiger partial charge is 0.372 e. The molecule has 1 aromatic heterocycles. The third-order valence-electron chi connectivity index (χ3n) is 6.44. The Bertz CT molecular complexity index is 715. The zero-order valence-electron chi connectivity index (χ0n) is 17.1. The molecule has 0 spiro atoms. The van der Waals surface area contributed by atoms with Gasteiger partial charge in [0, 0.05) is 50.3 Å². The van der Waals surface area contributed by atoms with E-state index in [4.69, 9.17) is 4.74 Å². The van der Waals surface area contributed by atoms with Crippen LogP contribution < -0.4 is 0 Å². The number of fused-ring (bicyclic) bond motifs is 1. The lowest BCUT2D eigenvalue weighted by molar-refractivity contribution is -0.132. The molecule has 2 atom stereocenters. The summed E-state index contributed by atoms with van der Waals surface area (Å²) in [5, 5.41) is 7.37. The van der Waals surface area contributed by atoms with Gasteiger partial charge in [0.05, 0.1) is 12.2 Å². The lowest BCUT2D eigenvalue weighted by Gasteiger charge is -2.35. The maximum absolute atomic E-state index is 13.1. The average molecular weight is 389 g/mol. The van der Waals surface area contributed by atoms with E-state index in [0.29, 0.717) is 38.3 Å². The summed E-state index contributed by atoms with van der Waals surface area (Å²) in [6.07, 6.45) is 7.58. The predicted octanol–water partition coefficient (Wildman–Crippen LogP) is 2.51. The summed E-state index contributed by atoms with van der Waals surface area (Å²) in [5.74, 6) is 0.881. The van der Waals surface area contributed by atoms with Crippen LogP contribution >= 0.6 is 0 Å². The number of aromatic amines is 1. The first-order valence-corrected chi connectivity index (χ1v) is 10.8. The first kappa shape index (κ1) is 19.4. The summed E-state index contributed by atoms with van der Waals surface area (Å²) in [4.78, 5) is 29.6. The zero-order valence-corrected chi connectivity index (χ0v) is 17.1. The van der Waals surface area contributed by atoms with Gasteiger partial charge in [-0.2, -0.15) is 5.10 Å². The van der Waals surface area contributed by atoms with E-state index in [1.165, 1.54) is 25.7 Å². The summed E-state index contributed by atoms with van der Waals surface area (Å²) < 4.78 is 5.74. The van der Waals surface area contributed by atoms with Crippen molar-refractivity contribution in [2.45, 2.75) is 77.5 Å². The number of carbonyl (C=O) groups excluding carboxylic acids is 2. The topological polar surface area (TPSA) is 78.5 Å². The van der Waals surface area contributed by atoms with Crippen molar-refractivity contribution in [1.82, 2.24) is 20.0 Å². The second-order valence-corrected chi connectivity index (χ2v) is 8.75. The average Bonchev–Trinajstić information content (AvgIpc) is 3.34. The number of nitrogens with one attached hydrogen (secondary N) is 1. The second kappa shape index (κ2) is 8.23. The van der Waals surface area contributed by atoms with Gasteiger partial charge >= 0.3 is 0 Å². The van der Waals surface area contributed by atoms with E-state index >= 15 is 0 Å². The van der Waals surface area contributed by atoms with Crippen molar-refractivity contribution in [1.29, 1.82) is 0 Å². The Kier molecular flexibility index (Phi) is 5.71. The third-order valence-corrected chi connectivity index (χ3v) is 6.44. The zero-order chi connectivity index (χ0) is 19.7. The molecule has 0 bridgehead atoms. The first-order valence-electron chi connectivity index (χ1n) is 10.8. The lowest BCUT2D eigenvalue weighted by atomic mass is 10.00. The van der Waals surface area contributed by atoms with Crippen LogP contribution in [0.25, 0.3) is 0 Å². The molecule has 3 aliphatic rings. The van der Waals surface area contributed by atoms with E-state index in [-0.39, 0.29) is 24.0 Å². The van der Waals surface area contributed by atoms with Crippen LogP contribution in [0.4, 0.5) is 0 Å². The summed E-state index contributed by atoms with van der Waals surface area (Å²) in [6, 6.07) is 0. The third kappa shape index (κ3) is 4.09. The molecular formula is C21H32N4O3. The van der Waals surface area contributed by atoms with Gasteiger partial charge in [-0.15, -0.1) is 0 Å². The minimum atomic E-state index is -0.0558. The highest BCUT2D eigenvalue weighted by Gasteiger charge is 2.33. The molecule has 4 rings (SSSR count). The molecule has 1 N–H and O–H groups in total. The van der Waals surface area contributed by atoms with Gasteiger partial charge in [-0.3, -0.25) is 14.7 Å². The van der Waals surface area contributed by atoms with Crippen molar-refractivity contribution < 1.29 is 14.3 Å². The summed E-state index contributed by atoms with van der Waals surface area (Å²) in [6.45, 7) is 6.33. The van der Waals surface area contributed by atoms with Gasteiger partial charge in [0.1, 0.15) is 0 Å². The highest BCUT2D eigenvalue weighted by Crippen LogP contribution is 2.29. The number of ether oxygens (including phenoxy) is 1. The molecule has 1 saturated carbocycles. The fraction of sp³-hybridized carbons (Fsp3) is 0.762. The number of H-pyrrole nitrogens is 1. The van der Waals surface area contributed by atoms with Crippen molar-refractivity contribution in [3.63, 3.8) is 0 Å². The SMILES string of the molecule is CC1CN(C(=O)c2n[nH]c3c2CN(C(=O)CCC2CCCC2)CC3)CC(C)O1. The summed E-state index contributed by atoms with van der Waals surface area (Å²) >= 11 is 0. The number of aromatic nitrogens is 2. The number of rotatable bonds is 4. The van der Waals surface area contributed by atoms with Crippen molar-refractivity contribution >= 4 is 11.8 Å². The van der Waals surface area contributed by atoms with Crippen molar-refractivity contribution in [3.05, 3.63) is 17.0 Å². The number of amides is 2. The van der Waals surface area contributed by atoms with Gasteiger partial charge in [0.15, 0.2) is 5.69 Å². The highest BCUT2D eigenvalue weighted by atomic mass is 16.5. The number of hydrogen-bond acceptors (Lipinski definition) is 4. The minimum absolute atomic E-state index is 0.0242. The monoisotopic (exact) mass is 388 g/mol. The number of carbonyl (C=O) groups is 2. The predicted molar refractivity (Wildman–Crippen MR) is 105 cm³/mol. The standard InChI is InChI=1S/C21H32N4O3/c1-14-11-25(12-15(2)28-14)21(27)20-17-13-24(10-9-18(17)22-23-20)19(26)8-7-16-5-3-4-6-16/h14-16H,3-13H2,1-2H3,(H,22,23). The first-order chi connectivity index (χ1) is 13.5.